The van der Waals surface area contributed by atoms with Gasteiger partial charge in [0.15, 0.2) is 0 Å². The first-order valence-corrected chi connectivity index (χ1v) is 7.28. The Morgan fingerprint density at radius 2 is 2.07 bits per heavy atom. The summed E-state index contributed by atoms with van der Waals surface area (Å²) in [4.78, 5) is 0. The molecule has 0 spiro atoms. The number of rotatable bonds is 7. The van der Waals surface area contributed by atoms with E-state index in [1.807, 2.05) is 13.8 Å². The zero-order valence-electron chi connectivity index (χ0n) is 9.65. The van der Waals surface area contributed by atoms with E-state index in [2.05, 4.69) is 0 Å². The lowest BCUT2D eigenvalue weighted by Crippen LogP contribution is -2.38. The highest BCUT2D eigenvalue weighted by molar-refractivity contribution is 7.89. The summed E-state index contributed by atoms with van der Waals surface area (Å²) in [5, 5.41) is 0. The first-order chi connectivity index (χ1) is 6.99. The van der Waals surface area contributed by atoms with Gasteiger partial charge in [0, 0.05) is 13.1 Å². The molecule has 2 N–H and O–H groups in total. The van der Waals surface area contributed by atoms with Crippen molar-refractivity contribution in [2.75, 3.05) is 25.4 Å². The number of nitrogens with zero attached hydrogens (tertiary/aromatic N) is 1. The summed E-state index contributed by atoms with van der Waals surface area (Å²) in [6, 6.07) is 0. The molecular formula is C10H22N2O2S. The van der Waals surface area contributed by atoms with Gasteiger partial charge in [0.2, 0.25) is 10.0 Å². The molecule has 1 saturated carbocycles. The number of nitrogens with two attached hydrogens (primary N) is 1. The third-order valence-electron chi connectivity index (χ3n) is 2.81. The average Bonchev–Trinajstić information content (AvgIpc) is 2.96. The van der Waals surface area contributed by atoms with Crippen LogP contribution in [-0.4, -0.2) is 38.1 Å². The van der Waals surface area contributed by atoms with Crippen molar-refractivity contribution in [1.29, 1.82) is 0 Å². The maximum atomic E-state index is 11.9. The van der Waals surface area contributed by atoms with Gasteiger partial charge in [-0.25, -0.2) is 12.7 Å². The van der Waals surface area contributed by atoms with Crippen molar-refractivity contribution in [3.05, 3.63) is 0 Å². The molecule has 0 bridgehead atoms. The van der Waals surface area contributed by atoms with Crippen molar-refractivity contribution in [1.82, 2.24) is 4.31 Å². The number of sulfonamides is 1. The summed E-state index contributed by atoms with van der Waals surface area (Å²) in [5.74, 6) is 0.981. The van der Waals surface area contributed by atoms with E-state index in [1.54, 1.807) is 4.31 Å². The third-order valence-corrected chi connectivity index (χ3v) is 4.89. The molecule has 1 aliphatic rings. The molecule has 0 heterocycles. The van der Waals surface area contributed by atoms with Gasteiger partial charge in [0.05, 0.1) is 5.75 Å². The summed E-state index contributed by atoms with van der Waals surface area (Å²) >= 11 is 0. The molecule has 1 rings (SSSR count). The molecule has 0 saturated heterocycles. The van der Waals surface area contributed by atoms with Gasteiger partial charge in [-0.1, -0.05) is 13.8 Å². The molecule has 0 radical (unpaired) electrons. The summed E-state index contributed by atoms with van der Waals surface area (Å²) < 4.78 is 25.5. The van der Waals surface area contributed by atoms with Crippen LogP contribution in [0.1, 0.15) is 26.7 Å². The van der Waals surface area contributed by atoms with E-state index in [0.717, 1.165) is 12.8 Å². The third kappa shape index (κ3) is 4.09. The Labute approximate surface area is 92.9 Å². The average molecular weight is 234 g/mol. The van der Waals surface area contributed by atoms with Crippen LogP contribution in [0.15, 0.2) is 0 Å². The smallest absolute Gasteiger partial charge is 0.214 e. The van der Waals surface area contributed by atoms with E-state index in [4.69, 9.17) is 5.73 Å². The van der Waals surface area contributed by atoms with Gasteiger partial charge in [0.1, 0.15) is 0 Å². The second kappa shape index (κ2) is 5.27. The topological polar surface area (TPSA) is 63.4 Å². The predicted octanol–water partition coefficient (Wildman–Crippen LogP) is 0.643. The van der Waals surface area contributed by atoms with Gasteiger partial charge in [-0.15, -0.1) is 0 Å². The van der Waals surface area contributed by atoms with Gasteiger partial charge in [-0.3, -0.25) is 0 Å². The quantitative estimate of drug-likeness (QED) is 0.703. The lowest BCUT2D eigenvalue weighted by atomic mass is 10.2. The molecule has 4 nitrogen and oxygen atoms in total. The van der Waals surface area contributed by atoms with Crippen LogP contribution in [0, 0.1) is 11.8 Å². The van der Waals surface area contributed by atoms with Crippen LogP contribution in [0.3, 0.4) is 0 Å². The van der Waals surface area contributed by atoms with E-state index >= 15 is 0 Å². The van der Waals surface area contributed by atoms with Crippen LogP contribution in [0.25, 0.3) is 0 Å². The maximum absolute atomic E-state index is 11.9. The Balaban J connectivity index is 2.54. The zero-order chi connectivity index (χ0) is 11.5. The first-order valence-electron chi connectivity index (χ1n) is 5.67. The van der Waals surface area contributed by atoms with E-state index in [9.17, 15) is 8.42 Å². The summed E-state index contributed by atoms with van der Waals surface area (Å²) in [6.07, 6.45) is 2.15. The van der Waals surface area contributed by atoms with Gasteiger partial charge < -0.3 is 5.73 Å². The standard InChI is InChI=1S/C10H22N2O2S/c1-3-12(7-9(2)6-11)15(13,14)8-10-4-5-10/h9-10H,3-8,11H2,1-2H3. The maximum Gasteiger partial charge on any atom is 0.214 e. The number of hydrogen-bond acceptors (Lipinski definition) is 3. The van der Waals surface area contributed by atoms with E-state index in [-0.39, 0.29) is 5.92 Å². The molecule has 0 aliphatic heterocycles. The van der Waals surface area contributed by atoms with Gasteiger partial charge in [0.25, 0.3) is 0 Å². The Morgan fingerprint density at radius 1 is 1.47 bits per heavy atom. The van der Waals surface area contributed by atoms with Crippen LogP contribution in [-0.2, 0) is 10.0 Å². The minimum atomic E-state index is -3.04. The minimum Gasteiger partial charge on any atom is -0.330 e. The van der Waals surface area contributed by atoms with Crippen LogP contribution in [0.5, 0.6) is 0 Å². The molecule has 1 aliphatic carbocycles. The van der Waals surface area contributed by atoms with Crippen LogP contribution < -0.4 is 5.73 Å². The molecule has 0 aromatic heterocycles. The lowest BCUT2D eigenvalue weighted by molar-refractivity contribution is 0.370. The molecule has 1 atom stereocenters. The van der Waals surface area contributed by atoms with Gasteiger partial charge in [-0.2, -0.15) is 0 Å². The molecule has 0 amide bonds. The van der Waals surface area contributed by atoms with Crippen LogP contribution in [0.2, 0.25) is 0 Å². The second-order valence-electron chi connectivity index (χ2n) is 4.51. The van der Waals surface area contributed by atoms with E-state index < -0.39 is 10.0 Å². The first kappa shape index (κ1) is 12.9. The minimum absolute atomic E-state index is 0.235. The fourth-order valence-electron chi connectivity index (χ4n) is 1.55. The van der Waals surface area contributed by atoms with Crippen molar-refractivity contribution in [2.24, 2.45) is 17.6 Å². The Morgan fingerprint density at radius 3 is 2.47 bits per heavy atom. The van der Waals surface area contributed by atoms with Crippen molar-refractivity contribution < 1.29 is 8.42 Å². The van der Waals surface area contributed by atoms with E-state index in [1.165, 1.54) is 0 Å². The normalized spacial score (nSPS) is 19.5. The number of hydrogen-bond donors (Lipinski definition) is 1. The summed E-state index contributed by atoms with van der Waals surface area (Å²) in [7, 11) is -3.04. The Bertz CT molecular complexity index is 286. The van der Waals surface area contributed by atoms with Crippen molar-refractivity contribution in [3.63, 3.8) is 0 Å². The molecule has 5 heteroatoms. The fraction of sp³-hybridized carbons (Fsp3) is 1.00. The molecule has 0 aromatic rings. The van der Waals surface area contributed by atoms with E-state index in [0.29, 0.717) is 31.3 Å². The zero-order valence-corrected chi connectivity index (χ0v) is 10.5. The lowest BCUT2D eigenvalue weighted by Gasteiger charge is -2.23. The second-order valence-corrected chi connectivity index (χ2v) is 6.53. The van der Waals surface area contributed by atoms with Crippen LogP contribution in [0.4, 0.5) is 0 Å². The molecule has 1 unspecified atom stereocenters. The highest BCUT2D eigenvalue weighted by Crippen LogP contribution is 2.31. The monoisotopic (exact) mass is 234 g/mol. The Hall–Kier alpha value is -0.130. The van der Waals surface area contributed by atoms with Crippen LogP contribution >= 0.6 is 0 Å². The van der Waals surface area contributed by atoms with Gasteiger partial charge in [-0.05, 0) is 31.2 Å². The molecule has 0 aromatic carbocycles. The summed E-state index contributed by atoms with van der Waals surface area (Å²) in [6.45, 7) is 5.51. The Kier molecular flexibility index (Phi) is 4.55. The van der Waals surface area contributed by atoms with Gasteiger partial charge >= 0.3 is 0 Å². The highest BCUT2D eigenvalue weighted by atomic mass is 32.2. The molecule has 90 valence electrons. The fourth-order valence-corrected chi connectivity index (χ4v) is 3.56. The molecule has 15 heavy (non-hydrogen) atoms. The predicted molar refractivity (Wildman–Crippen MR) is 62.0 cm³/mol. The molecule has 1 fully saturated rings. The summed E-state index contributed by atoms with van der Waals surface area (Å²) in [5.41, 5.74) is 5.51. The molecular weight excluding hydrogens is 212 g/mol. The highest BCUT2D eigenvalue weighted by Gasteiger charge is 2.31. The SMILES string of the molecule is CCN(CC(C)CN)S(=O)(=O)CC1CC1. The van der Waals surface area contributed by atoms with Crippen molar-refractivity contribution >= 4 is 10.0 Å². The van der Waals surface area contributed by atoms with Crippen molar-refractivity contribution in [2.45, 2.75) is 26.7 Å². The largest absolute Gasteiger partial charge is 0.330 e. The van der Waals surface area contributed by atoms with Crippen molar-refractivity contribution in [3.8, 4) is 0 Å².